The van der Waals surface area contributed by atoms with Crippen LogP contribution in [0, 0.1) is 0 Å². The minimum atomic E-state index is -0.421. The summed E-state index contributed by atoms with van der Waals surface area (Å²) >= 11 is 0. The predicted molar refractivity (Wildman–Crippen MR) is 94.5 cm³/mol. The lowest BCUT2D eigenvalue weighted by Crippen LogP contribution is -2.22. The van der Waals surface area contributed by atoms with Crippen molar-refractivity contribution in [3.63, 3.8) is 0 Å². The Morgan fingerprint density at radius 1 is 0.880 bits per heavy atom. The van der Waals surface area contributed by atoms with Crippen LogP contribution in [0.5, 0.6) is 5.75 Å². The molecule has 0 atom stereocenters. The van der Waals surface area contributed by atoms with Gasteiger partial charge in [-0.25, -0.2) is 4.79 Å². The standard InChI is InChI=1S/C21H22O4/c22-20(15-16-9-3-1-4-10-16)25-19-14-8-7-13-18(19)21(23)24-17-11-5-2-6-12-17/h1,3-4,7-10,13-14,17H,2,5-6,11-12,15H2. The van der Waals surface area contributed by atoms with Crippen LogP contribution in [0.4, 0.5) is 0 Å². The van der Waals surface area contributed by atoms with E-state index in [1.54, 1.807) is 24.3 Å². The first-order valence-corrected chi connectivity index (χ1v) is 8.77. The summed E-state index contributed by atoms with van der Waals surface area (Å²) in [6, 6.07) is 16.1. The molecule has 0 amide bonds. The Morgan fingerprint density at radius 3 is 2.32 bits per heavy atom. The predicted octanol–water partition coefficient (Wildman–Crippen LogP) is 4.32. The monoisotopic (exact) mass is 338 g/mol. The molecule has 4 nitrogen and oxygen atoms in total. The van der Waals surface area contributed by atoms with Crippen molar-refractivity contribution in [3.05, 3.63) is 65.7 Å². The Balaban J connectivity index is 1.65. The molecule has 1 aliphatic carbocycles. The lowest BCUT2D eigenvalue weighted by Gasteiger charge is -2.22. The Kier molecular flexibility index (Phi) is 5.83. The third-order valence-electron chi connectivity index (χ3n) is 4.35. The zero-order valence-corrected chi connectivity index (χ0v) is 14.1. The molecule has 0 aliphatic heterocycles. The number of para-hydroxylation sites is 1. The van der Waals surface area contributed by atoms with E-state index in [1.807, 2.05) is 30.3 Å². The highest BCUT2D eigenvalue weighted by atomic mass is 16.6. The van der Waals surface area contributed by atoms with E-state index in [0.717, 1.165) is 31.2 Å². The molecule has 0 heterocycles. The van der Waals surface area contributed by atoms with Crippen molar-refractivity contribution >= 4 is 11.9 Å². The van der Waals surface area contributed by atoms with Crippen LogP contribution >= 0.6 is 0 Å². The Hall–Kier alpha value is -2.62. The number of rotatable bonds is 5. The number of ether oxygens (including phenoxy) is 2. The first-order chi connectivity index (χ1) is 12.2. The smallest absolute Gasteiger partial charge is 0.342 e. The van der Waals surface area contributed by atoms with E-state index in [-0.39, 0.29) is 18.3 Å². The molecule has 2 aromatic rings. The molecule has 0 unspecified atom stereocenters. The highest BCUT2D eigenvalue weighted by Crippen LogP contribution is 2.24. The van der Waals surface area contributed by atoms with Crippen LogP contribution in [0.2, 0.25) is 0 Å². The summed E-state index contributed by atoms with van der Waals surface area (Å²) < 4.78 is 11.0. The highest BCUT2D eigenvalue weighted by Gasteiger charge is 2.22. The Morgan fingerprint density at radius 2 is 1.56 bits per heavy atom. The molecule has 0 saturated heterocycles. The summed E-state index contributed by atoms with van der Waals surface area (Å²) in [6.45, 7) is 0. The maximum atomic E-state index is 12.5. The van der Waals surface area contributed by atoms with E-state index in [1.165, 1.54) is 6.42 Å². The second kappa shape index (κ2) is 8.47. The van der Waals surface area contributed by atoms with Crippen molar-refractivity contribution in [2.45, 2.75) is 44.6 Å². The summed E-state index contributed by atoms with van der Waals surface area (Å²) in [6.07, 6.45) is 5.31. The summed E-state index contributed by atoms with van der Waals surface area (Å²) in [7, 11) is 0. The molecule has 25 heavy (non-hydrogen) atoms. The van der Waals surface area contributed by atoms with Crippen LogP contribution < -0.4 is 4.74 Å². The third-order valence-corrected chi connectivity index (χ3v) is 4.35. The van der Waals surface area contributed by atoms with Crippen LogP contribution in [0.3, 0.4) is 0 Å². The molecule has 1 saturated carbocycles. The molecule has 0 aromatic heterocycles. The Labute approximate surface area is 147 Å². The van der Waals surface area contributed by atoms with Crippen molar-refractivity contribution < 1.29 is 19.1 Å². The van der Waals surface area contributed by atoms with Crippen molar-refractivity contribution in [1.29, 1.82) is 0 Å². The second-order valence-corrected chi connectivity index (χ2v) is 6.30. The quantitative estimate of drug-likeness (QED) is 0.602. The summed E-state index contributed by atoms with van der Waals surface area (Å²) in [5.74, 6) is -0.566. The molecular formula is C21H22O4. The number of benzene rings is 2. The molecular weight excluding hydrogens is 316 g/mol. The van der Waals surface area contributed by atoms with Gasteiger partial charge in [-0.1, -0.05) is 48.9 Å². The third kappa shape index (κ3) is 4.92. The van der Waals surface area contributed by atoms with Gasteiger partial charge in [0.05, 0.1) is 6.42 Å². The van der Waals surface area contributed by atoms with Gasteiger partial charge >= 0.3 is 11.9 Å². The van der Waals surface area contributed by atoms with Crippen LogP contribution in [0.15, 0.2) is 54.6 Å². The SMILES string of the molecule is O=C(Cc1ccccc1)Oc1ccccc1C(=O)OC1CCCCC1. The highest BCUT2D eigenvalue weighted by molar-refractivity contribution is 5.93. The molecule has 2 aromatic carbocycles. The van der Waals surface area contributed by atoms with Crippen molar-refractivity contribution in [2.24, 2.45) is 0 Å². The largest absolute Gasteiger partial charge is 0.459 e. The molecule has 1 fully saturated rings. The molecule has 0 radical (unpaired) electrons. The fourth-order valence-electron chi connectivity index (χ4n) is 3.04. The lowest BCUT2D eigenvalue weighted by molar-refractivity contribution is -0.133. The molecule has 1 aliphatic rings. The summed E-state index contributed by atoms with van der Waals surface area (Å²) in [5, 5.41) is 0. The van der Waals surface area contributed by atoms with Gasteiger partial charge in [-0.05, 0) is 43.4 Å². The maximum Gasteiger partial charge on any atom is 0.342 e. The fourth-order valence-corrected chi connectivity index (χ4v) is 3.04. The van der Waals surface area contributed by atoms with E-state index in [4.69, 9.17) is 9.47 Å². The van der Waals surface area contributed by atoms with Gasteiger partial charge in [-0.15, -0.1) is 0 Å². The van der Waals surface area contributed by atoms with Gasteiger partial charge in [0.2, 0.25) is 0 Å². The van der Waals surface area contributed by atoms with Gasteiger partial charge in [0, 0.05) is 0 Å². The van der Waals surface area contributed by atoms with Crippen molar-refractivity contribution in [1.82, 2.24) is 0 Å². The second-order valence-electron chi connectivity index (χ2n) is 6.30. The number of carbonyl (C=O) groups excluding carboxylic acids is 2. The number of hydrogen-bond donors (Lipinski definition) is 0. The Bertz CT molecular complexity index is 718. The lowest BCUT2D eigenvalue weighted by atomic mass is 9.98. The molecule has 0 N–H and O–H groups in total. The van der Waals surface area contributed by atoms with E-state index >= 15 is 0 Å². The molecule has 4 heteroatoms. The number of hydrogen-bond acceptors (Lipinski definition) is 4. The zero-order valence-electron chi connectivity index (χ0n) is 14.1. The summed E-state index contributed by atoms with van der Waals surface area (Å²) in [5.41, 5.74) is 1.17. The molecule has 0 bridgehead atoms. The van der Waals surface area contributed by atoms with Gasteiger partial charge in [-0.3, -0.25) is 4.79 Å². The van der Waals surface area contributed by atoms with Crippen LogP contribution in [0.1, 0.15) is 48.0 Å². The maximum absolute atomic E-state index is 12.5. The van der Waals surface area contributed by atoms with Gasteiger partial charge in [-0.2, -0.15) is 0 Å². The first-order valence-electron chi connectivity index (χ1n) is 8.77. The minimum Gasteiger partial charge on any atom is -0.459 e. The number of carbonyl (C=O) groups is 2. The average Bonchev–Trinajstić information content (AvgIpc) is 2.63. The van der Waals surface area contributed by atoms with Gasteiger partial charge < -0.3 is 9.47 Å². The van der Waals surface area contributed by atoms with E-state index in [9.17, 15) is 9.59 Å². The first kappa shape index (κ1) is 17.2. The van der Waals surface area contributed by atoms with Crippen LogP contribution in [0.25, 0.3) is 0 Å². The normalized spacial score (nSPS) is 14.7. The van der Waals surface area contributed by atoms with Gasteiger partial charge in [0.1, 0.15) is 17.4 Å². The van der Waals surface area contributed by atoms with Gasteiger partial charge in [0.15, 0.2) is 0 Å². The van der Waals surface area contributed by atoms with Gasteiger partial charge in [0.25, 0.3) is 0 Å². The van der Waals surface area contributed by atoms with Crippen molar-refractivity contribution in [3.8, 4) is 5.75 Å². The molecule has 130 valence electrons. The molecule has 0 spiro atoms. The average molecular weight is 338 g/mol. The van der Waals surface area contributed by atoms with E-state index in [2.05, 4.69) is 0 Å². The van der Waals surface area contributed by atoms with E-state index in [0.29, 0.717) is 5.56 Å². The number of esters is 2. The van der Waals surface area contributed by atoms with Crippen molar-refractivity contribution in [2.75, 3.05) is 0 Å². The van der Waals surface area contributed by atoms with Crippen LogP contribution in [-0.2, 0) is 16.0 Å². The molecule has 3 rings (SSSR count). The van der Waals surface area contributed by atoms with E-state index < -0.39 is 11.9 Å². The zero-order chi connectivity index (χ0) is 17.5. The fraction of sp³-hybridized carbons (Fsp3) is 0.333. The minimum absolute atomic E-state index is 0.0330. The topological polar surface area (TPSA) is 52.6 Å². The van der Waals surface area contributed by atoms with Crippen LogP contribution in [-0.4, -0.2) is 18.0 Å². The summed E-state index contributed by atoms with van der Waals surface area (Å²) in [4.78, 5) is 24.6.